The van der Waals surface area contributed by atoms with Crippen molar-refractivity contribution in [2.75, 3.05) is 22.4 Å². The summed E-state index contributed by atoms with van der Waals surface area (Å²) >= 11 is 0. The minimum absolute atomic E-state index is 0.248. The third-order valence-corrected chi connectivity index (χ3v) is 5.87. The zero-order valence-corrected chi connectivity index (χ0v) is 16.6. The maximum Gasteiger partial charge on any atom is 0.255 e. The van der Waals surface area contributed by atoms with Gasteiger partial charge in [0, 0.05) is 17.8 Å². The highest BCUT2D eigenvalue weighted by atomic mass is 32.2. The first-order valence-electron chi connectivity index (χ1n) is 9.15. The highest BCUT2D eigenvalue weighted by molar-refractivity contribution is 7.92. The summed E-state index contributed by atoms with van der Waals surface area (Å²) in [5, 5.41) is 2.86. The van der Waals surface area contributed by atoms with Gasteiger partial charge in [-0.3, -0.25) is 9.10 Å². The number of para-hydroxylation sites is 1. The van der Waals surface area contributed by atoms with E-state index >= 15 is 0 Å². The van der Waals surface area contributed by atoms with Crippen molar-refractivity contribution in [3.8, 4) is 11.5 Å². The molecular weight excluding hydrogens is 388 g/mol. The maximum atomic E-state index is 12.6. The molecule has 0 atom stereocenters. The molecule has 1 heterocycles. The van der Waals surface area contributed by atoms with Crippen LogP contribution in [0.1, 0.15) is 15.9 Å². The Labute approximate surface area is 169 Å². The number of amides is 1. The second-order valence-corrected chi connectivity index (χ2v) is 8.73. The summed E-state index contributed by atoms with van der Waals surface area (Å²) in [5.41, 5.74) is 2.64. The van der Waals surface area contributed by atoms with Crippen molar-refractivity contribution in [3.63, 3.8) is 0 Å². The van der Waals surface area contributed by atoms with Gasteiger partial charge < -0.3 is 10.1 Å². The molecule has 0 unspecified atom stereocenters. The number of carbonyl (C=O) groups excluding carboxylic acids is 1. The molecule has 0 fully saturated rings. The van der Waals surface area contributed by atoms with Gasteiger partial charge in [-0.2, -0.15) is 0 Å². The zero-order valence-electron chi connectivity index (χ0n) is 15.8. The lowest BCUT2D eigenvalue weighted by Crippen LogP contribution is -2.27. The smallest absolute Gasteiger partial charge is 0.255 e. The second kappa shape index (κ2) is 7.60. The molecule has 0 saturated carbocycles. The van der Waals surface area contributed by atoms with Crippen molar-refractivity contribution < 1.29 is 17.9 Å². The van der Waals surface area contributed by atoms with Crippen molar-refractivity contribution in [1.29, 1.82) is 0 Å². The molecule has 4 rings (SSSR count). The number of carbonyl (C=O) groups is 1. The molecule has 0 radical (unpaired) electrons. The quantitative estimate of drug-likeness (QED) is 0.691. The summed E-state index contributed by atoms with van der Waals surface area (Å²) < 4.78 is 30.8. The molecule has 148 valence electrons. The summed E-state index contributed by atoms with van der Waals surface area (Å²) in [6, 6.07) is 21.7. The van der Waals surface area contributed by atoms with Gasteiger partial charge in [-0.1, -0.05) is 18.2 Å². The van der Waals surface area contributed by atoms with E-state index in [0.29, 0.717) is 35.7 Å². The lowest BCUT2D eigenvalue weighted by Gasteiger charge is -2.16. The van der Waals surface area contributed by atoms with Gasteiger partial charge in [-0.05, 0) is 66.6 Å². The highest BCUT2D eigenvalue weighted by Gasteiger charge is 2.26. The highest BCUT2D eigenvalue weighted by Crippen LogP contribution is 2.31. The molecule has 0 aromatic heterocycles. The molecule has 0 saturated heterocycles. The van der Waals surface area contributed by atoms with E-state index in [1.165, 1.54) is 10.6 Å². The topological polar surface area (TPSA) is 75.7 Å². The zero-order chi connectivity index (χ0) is 20.4. The average Bonchev–Trinajstić information content (AvgIpc) is 3.14. The largest absolute Gasteiger partial charge is 0.457 e. The molecule has 3 aromatic carbocycles. The minimum Gasteiger partial charge on any atom is -0.457 e. The van der Waals surface area contributed by atoms with E-state index in [-0.39, 0.29) is 5.91 Å². The third-order valence-electron chi connectivity index (χ3n) is 4.69. The molecule has 1 aliphatic rings. The Balaban J connectivity index is 1.45. The maximum absolute atomic E-state index is 12.6. The summed E-state index contributed by atoms with van der Waals surface area (Å²) in [5.74, 6) is 1.17. The Morgan fingerprint density at radius 2 is 1.66 bits per heavy atom. The summed E-state index contributed by atoms with van der Waals surface area (Å²) in [4.78, 5) is 12.6. The van der Waals surface area contributed by atoms with Crippen molar-refractivity contribution in [3.05, 3.63) is 83.9 Å². The number of nitrogens with zero attached hydrogens (tertiary/aromatic N) is 1. The molecule has 0 aliphatic carbocycles. The van der Waals surface area contributed by atoms with Gasteiger partial charge in [-0.15, -0.1) is 0 Å². The Hall–Kier alpha value is -3.32. The monoisotopic (exact) mass is 408 g/mol. The molecule has 0 spiro atoms. The molecule has 3 aromatic rings. The van der Waals surface area contributed by atoms with Crippen molar-refractivity contribution in [2.24, 2.45) is 0 Å². The van der Waals surface area contributed by atoms with Gasteiger partial charge in [0.25, 0.3) is 5.91 Å². The fourth-order valence-corrected chi connectivity index (χ4v) is 4.25. The van der Waals surface area contributed by atoms with Crippen molar-refractivity contribution in [2.45, 2.75) is 6.42 Å². The van der Waals surface area contributed by atoms with Crippen LogP contribution in [-0.4, -0.2) is 27.1 Å². The Bertz CT molecular complexity index is 1140. The van der Waals surface area contributed by atoms with Gasteiger partial charge >= 0.3 is 0 Å². The van der Waals surface area contributed by atoms with Crippen LogP contribution in [0.5, 0.6) is 11.5 Å². The third kappa shape index (κ3) is 4.25. The van der Waals surface area contributed by atoms with E-state index in [4.69, 9.17) is 4.74 Å². The Kier molecular flexibility index (Phi) is 4.98. The van der Waals surface area contributed by atoms with E-state index in [0.717, 1.165) is 11.3 Å². The molecule has 1 aliphatic heterocycles. The van der Waals surface area contributed by atoms with Crippen LogP contribution in [0.3, 0.4) is 0 Å². The average molecular weight is 408 g/mol. The number of anilines is 2. The number of rotatable bonds is 5. The number of benzene rings is 3. The predicted octanol–water partition coefficient (Wildman–Crippen LogP) is 4.05. The molecular formula is C22H20N2O4S. The first kappa shape index (κ1) is 19.0. The standard InChI is InChI=1S/C22H20N2O4S/c1-29(26,27)24-14-13-16-15-17(7-12-21(16)24)22(25)23-18-8-10-20(11-9-18)28-19-5-3-2-4-6-19/h2-12,15H,13-14H2,1H3,(H,23,25). The fourth-order valence-electron chi connectivity index (χ4n) is 3.29. The van der Waals surface area contributed by atoms with Crippen LogP contribution in [0.2, 0.25) is 0 Å². The van der Waals surface area contributed by atoms with Crippen LogP contribution in [0.4, 0.5) is 11.4 Å². The summed E-state index contributed by atoms with van der Waals surface area (Å²) in [6.07, 6.45) is 1.78. The van der Waals surface area contributed by atoms with Crippen LogP contribution in [0.15, 0.2) is 72.8 Å². The fraction of sp³-hybridized carbons (Fsp3) is 0.136. The number of nitrogens with one attached hydrogen (secondary N) is 1. The number of ether oxygens (including phenoxy) is 1. The molecule has 1 N–H and O–H groups in total. The van der Waals surface area contributed by atoms with Crippen LogP contribution in [0, 0.1) is 0 Å². The normalized spacial score (nSPS) is 13.1. The lowest BCUT2D eigenvalue weighted by atomic mass is 10.1. The molecule has 0 bridgehead atoms. The number of hydrogen-bond acceptors (Lipinski definition) is 4. The Morgan fingerprint density at radius 3 is 2.34 bits per heavy atom. The predicted molar refractivity (Wildman–Crippen MR) is 113 cm³/mol. The van der Waals surface area contributed by atoms with E-state index in [9.17, 15) is 13.2 Å². The van der Waals surface area contributed by atoms with Crippen molar-refractivity contribution >= 4 is 27.3 Å². The van der Waals surface area contributed by atoms with Crippen LogP contribution in [0.25, 0.3) is 0 Å². The molecule has 1 amide bonds. The van der Waals surface area contributed by atoms with Gasteiger partial charge in [0.05, 0.1) is 11.9 Å². The van der Waals surface area contributed by atoms with Gasteiger partial charge in [-0.25, -0.2) is 8.42 Å². The SMILES string of the molecule is CS(=O)(=O)N1CCc2cc(C(=O)Nc3ccc(Oc4ccccc4)cc3)ccc21. The van der Waals surface area contributed by atoms with Crippen LogP contribution < -0.4 is 14.4 Å². The molecule has 29 heavy (non-hydrogen) atoms. The molecule has 6 nitrogen and oxygen atoms in total. The summed E-state index contributed by atoms with van der Waals surface area (Å²) in [7, 11) is -3.30. The number of sulfonamides is 1. The lowest BCUT2D eigenvalue weighted by molar-refractivity contribution is 0.102. The van der Waals surface area contributed by atoms with E-state index in [2.05, 4.69) is 5.32 Å². The van der Waals surface area contributed by atoms with E-state index in [1.54, 1.807) is 42.5 Å². The summed E-state index contributed by atoms with van der Waals surface area (Å²) in [6.45, 7) is 0.405. The molecule has 7 heteroatoms. The van der Waals surface area contributed by atoms with Crippen LogP contribution >= 0.6 is 0 Å². The van der Waals surface area contributed by atoms with Gasteiger partial charge in [0.15, 0.2) is 0 Å². The Morgan fingerprint density at radius 1 is 0.966 bits per heavy atom. The first-order valence-corrected chi connectivity index (χ1v) is 11.0. The van der Waals surface area contributed by atoms with Crippen LogP contribution in [-0.2, 0) is 16.4 Å². The second-order valence-electron chi connectivity index (χ2n) is 6.82. The van der Waals surface area contributed by atoms with Crippen molar-refractivity contribution in [1.82, 2.24) is 0 Å². The number of fused-ring (bicyclic) bond motifs is 1. The number of hydrogen-bond donors (Lipinski definition) is 1. The first-order chi connectivity index (χ1) is 13.9. The minimum atomic E-state index is -3.30. The van der Waals surface area contributed by atoms with Gasteiger partial charge in [0.1, 0.15) is 11.5 Å². The van der Waals surface area contributed by atoms with Gasteiger partial charge in [0.2, 0.25) is 10.0 Å². The van der Waals surface area contributed by atoms with E-state index < -0.39 is 10.0 Å². The van der Waals surface area contributed by atoms with E-state index in [1.807, 2.05) is 30.3 Å².